The summed E-state index contributed by atoms with van der Waals surface area (Å²) in [4.78, 5) is 10.9. The Morgan fingerprint density at radius 1 is 1.45 bits per heavy atom. The highest BCUT2D eigenvalue weighted by Crippen LogP contribution is 2.14. The Morgan fingerprint density at radius 3 is 2.18 bits per heavy atom. The summed E-state index contributed by atoms with van der Waals surface area (Å²) in [7, 11) is 0. The van der Waals surface area contributed by atoms with Gasteiger partial charge in [-0.2, -0.15) is 0 Å². The Labute approximate surface area is 68.7 Å². The first-order valence-corrected chi connectivity index (χ1v) is 3.64. The van der Waals surface area contributed by atoms with Crippen molar-refractivity contribution in [2.75, 3.05) is 0 Å². The average molecular weight is 154 g/mol. The van der Waals surface area contributed by atoms with Crippen LogP contribution in [0.2, 0.25) is 0 Å². The van der Waals surface area contributed by atoms with Crippen molar-refractivity contribution < 1.29 is 4.79 Å². The van der Waals surface area contributed by atoms with Crippen molar-refractivity contribution in [3.05, 3.63) is 18.7 Å². The Morgan fingerprint density at radius 2 is 1.91 bits per heavy atom. The van der Waals surface area contributed by atoms with Gasteiger partial charge in [-0.3, -0.25) is 4.79 Å². The lowest BCUT2D eigenvalue weighted by molar-refractivity contribution is -0.117. The van der Waals surface area contributed by atoms with Gasteiger partial charge < -0.3 is 5.32 Å². The molecule has 1 radical (unpaired) electrons. The minimum absolute atomic E-state index is 0.0190. The number of amides is 1. The maximum absolute atomic E-state index is 10.9. The number of carbonyl (C=O) groups is 1. The first-order chi connectivity index (χ1) is 4.83. The summed E-state index contributed by atoms with van der Waals surface area (Å²) in [6.07, 6.45) is 0. The van der Waals surface area contributed by atoms with E-state index in [2.05, 4.69) is 11.9 Å². The molecular weight excluding hydrogens is 138 g/mol. The molecule has 0 aromatic rings. The molecule has 63 valence electrons. The van der Waals surface area contributed by atoms with E-state index >= 15 is 0 Å². The molecule has 2 heteroatoms. The maximum atomic E-state index is 10.9. The molecule has 0 aliphatic carbocycles. The van der Waals surface area contributed by atoms with Crippen molar-refractivity contribution in [2.24, 2.45) is 5.41 Å². The standard InChI is InChI=1S/C9H16NO/c1-7(2)8(11)10-6-9(3,4)5/h6H,1H2,2-5H3,(H,10,11). The predicted octanol–water partition coefficient (Wildman–Crippen LogP) is 1.89. The molecule has 0 aromatic heterocycles. The Hall–Kier alpha value is -0.790. The van der Waals surface area contributed by atoms with Crippen LogP contribution in [0.5, 0.6) is 0 Å². The molecule has 11 heavy (non-hydrogen) atoms. The zero-order valence-corrected chi connectivity index (χ0v) is 7.69. The number of rotatable bonds is 2. The molecule has 0 bridgehead atoms. The van der Waals surface area contributed by atoms with Crippen molar-refractivity contribution in [1.29, 1.82) is 0 Å². The second-order valence-electron chi connectivity index (χ2n) is 3.76. The summed E-state index contributed by atoms with van der Waals surface area (Å²) in [5.41, 5.74) is 0.552. The molecule has 0 aliphatic heterocycles. The summed E-state index contributed by atoms with van der Waals surface area (Å²) in [5, 5.41) is 2.66. The van der Waals surface area contributed by atoms with Gasteiger partial charge in [0.1, 0.15) is 0 Å². The monoisotopic (exact) mass is 154 g/mol. The molecule has 0 heterocycles. The zero-order valence-electron chi connectivity index (χ0n) is 7.69. The van der Waals surface area contributed by atoms with E-state index < -0.39 is 0 Å². The first-order valence-electron chi connectivity index (χ1n) is 3.64. The van der Waals surface area contributed by atoms with E-state index in [0.717, 1.165) is 0 Å². The fourth-order valence-electron chi connectivity index (χ4n) is 0.405. The van der Waals surface area contributed by atoms with Gasteiger partial charge in [0.2, 0.25) is 5.91 Å². The average Bonchev–Trinajstić information content (AvgIpc) is 1.80. The molecule has 0 spiro atoms. The van der Waals surface area contributed by atoms with Crippen LogP contribution in [0.3, 0.4) is 0 Å². The molecule has 1 amide bonds. The van der Waals surface area contributed by atoms with Gasteiger partial charge in [-0.15, -0.1) is 0 Å². The van der Waals surface area contributed by atoms with Gasteiger partial charge in [-0.1, -0.05) is 27.4 Å². The summed E-state index contributed by atoms with van der Waals surface area (Å²) < 4.78 is 0. The van der Waals surface area contributed by atoms with E-state index in [0.29, 0.717) is 5.57 Å². The fourth-order valence-corrected chi connectivity index (χ4v) is 0.405. The van der Waals surface area contributed by atoms with Crippen molar-refractivity contribution >= 4 is 5.91 Å². The van der Waals surface area contributed by atoms with Gasteiger partial charge in [0.15, 0.2) is 0 Å². The number of carbonyl (C=O) groups excluding carboxylic acids is 1. The normalized spacial score (nSPS) is 10.9. The van der Waals surface area contributed by atoms with Gasteiger partial charge in [0.25, 0.3) is 0 Å². The third kappa shape index (κ3) is 5.64. The fraction of sp³-hybridized carbons (Fsp3) is 0.556. The molecular formula is C9H16NO. The molecule has 0 aliphatic rings. The second-order valence-corrected chi connectivity index (χ2v) is 3.76. The largest absolute Gasteiger partial charge is 0.347 e. The van der Waals surface area contributed by atoms with E-state index in [4.69, 9.17) is 0 Å². The lowest BCUT2D eigenvalue weighted by Crippen LogP contribution is -2.27. The van der Waals surface area contributed by atoms with E-state index in [1.54, 1.807) is 13.5 Å². The zero-order chi connectivity index (χ0) is 9.07. The summed E-state index contributed by atoms with van der Waals surface area (Å²) >= 11 is 0. The minimum Gasteiger partial charge on any atom is -0.347 e. The molecule has 0 aromatic carbocycles. The van der Waals surface area contributed by atoms with Crippen LogP contribution >= 0.6 is 0 Å². The second kappa shape index (κ2) is 3.56. The van der Waals surface area contributed by atoms with E-state index in [1.807, 2.05) is 20.8 Å². The van der Waals surface area contributed by atoms with Crippen LogP contribution in [0, 0.1) is 12.0 Å². The number of hydrogen-bond acceptors (Lipinski definition) is 1. The van der Waals surface area contributed by atoms with Crippen molar-refractivity contribution in [3.63, 3.8) is 0 Å². The molecule has 0 atom stereocenters. The number of hydrogen-bond donors (Lipinski definition) is 1. The van der Waals surface area contributed by atoms with Crippen molar-refractivity contribution in [1.82, 2.24) is 5.32 Å². The lowest BCUT2D eigenvalue weighted by atomic mass is 9.97. The lowest BCUT2D eigenvalue weighted by Gasteiger charge is -2.17. The summed E-state index contributed by atoms with van der Waals surface area (Å²) in [5.74, 6) is -0.111. The Kier molecular flexibility index (Phi) is 3.30. The molecule has 2 nitrogen and oxygen atoms in total. The Bertz CT molecular complexity index is 165. The third-order valence-corrected chi connectivity index (χ3v) is 1.02. The van der Waals surface area contributed by atoms with Gasteiger partial charge >= 0.3 is 0 Å². The maximum Gasteiger partial charge on any atom is 0.246 e. The third-order valence-electron chi connectivity index (χ3n) is 1.02. The summed E-state index contributed by atoms with van der Waals surface area (Å²) in [6, 6.07) is 0. The van der Waals surface area contributed by atoms with Gasteiger partial charge in [0, 0.05) is 5.57 Å². The van der Waals surface area contributed by atoms with E-state index in [9.17, 15) is 4.79 Å². The van der Waals surface area contributed by atoms with Gasteiger partial charge in [-0.25, -0.2) is 0 Å². The summed E-state index contributed by atoms with van der Waals surface area (Å²) in [6.45, 7) is 13.0. The molecule has 0 unspecified atom stereocenters. The Balaban J connectivity index is 3.73. The highest BCUT2D eigenvalue weighted by atomic mass is 16.1. The molecule has 0 saturated heterocycles. The highest BCUT2D eigenvalue weighted by Gasteiger charge is 2.12. The highest BCUT2D eigenvalue weighted by molar-refractivity contribution is 5.92. The molecule has 0 rings (SSSR count). The molecule has 1 N–H and O–H groups in total. The predicted molar refractivity (Wildman–Crippen MR) is 46.7 cm³/mol. The number of nitrogens with one attached hydrogen (secondary N) is 1. The molecule has 0 saturated carbocycles. The van der Waals surface area contributed by atoms with E-state index in [1.165, 1.54) is 0 Å². The van der Waals surface area contributed by atoms with Crippen molar-refractivity contribution in [2.45, 2.75) is 27.7 Å². The topological polar surface area (TPSA) is 29.1 Å². The van der Waals surface area contributed by atoms with Crippen LogP contribution in [-0.2, 0) is 4.79 Å². The van der Waals surface area contributed by atoms with Gasteiger partial charge in [-0.05, 0) is 12.3 Å². The van der Waals surface area contributed by atoms with Crippen LogP contribution in [0.25, 0.3) is 0 Å². The van der Waals surface area contributed by atoms with E-state index in [-0.39, 0.29) is 11.3 Å². The van der Waals surface area contributed by atoms with Crippen LogP contribution in [-0.4, -0.2) is 5.91 Å². The molecule has 0 fully saturated rings. The SMILES string of the molecule is C=C(C)C(=O)N[CH]C(C)(C)C. The smallest absolute Gasteiger partial charge is 0.246 e. The van der Waals surface area contributed by atoms with Crippen LogP contribution in [0.1, 0.15) is 27.7 Å². The van der Waals surface area contributed by atoms with Crippen LogP contribution in [0.15, 0.2) is 12.2 Å². The van der Waals surface area contributed by atoms with Gasteiger partial charge in [0.05, 0.1) is 6.54 Å². The minimum atomic E-state index is -0.111. The van der Waals surface area contributed by atoms with Crippen molar-refractivity contribution in [3.8, 4) is 0 Å². The first kappa shape index (κ1) is 10.2. The van der Waals surface area contributed by atoms with Crippen LogP contribution in [0.4, 0.5) is 0 Å². The van der Waals surface area contributed by atoms with Crippen LogP contribution < -0.4 is 5.32 Å². The quantitative estimate of drug-likeness (QED) is 0.604.